The average Bonchev–Trinajstić information content (AvgIpc) is 2.29. The molecule has 2 rings (SSSR count). The van der Waals surface area contributed by atoms with Crippen molar-refractivity contribution in [2.24, 2.45) is 0 Å². The zero-order valence-electron chi connectivity index (χ0n) is 8.79. The fourth-order valence-corrected chi connectivity index (χ4v) is 2.74. The van der Waals surface area contributed by atoms with E-state index in [0.29, 0.717) is 4.47 Å². The van der Waals surface area contributed by atoms with Crippen LogP contribution in [0.15, 0.2) is 28.7 Å². The summed E-state index contributed by atoms with van der Waals surface area (Å²) in [5, 5.41) is 0. The number of hydrogen-bond donors (Lipinski definition) is 0. The topological polar surface area (TPSA) is 0 Å². The molecule has 0 heterocycles. The molecule has 0 N–H and O–H groups in total. The minimum absolute atomic E-state index is 0.275. The van der Waals surface area contributed by atoms with Gasteiger partial charge in [0.05, 0.1) is 5.92 Å². The van der Waals surface area contributed by atoms with Gasteiger partial charge in [0.2, 0.25) is 0 Å². The van der Waals surface area contributed by atoms with E-state index in [1.807, 2.05) is 0 Å². The van der Waals surface area contributed by atoms with Crippen LogP contribution < -0.4 is 0 Å². The summed E-state index contributed by atoms with van der Waals surface area (Å²) < 4.78 is 54.5. The van der Waals surface area contributed by atoms with Crippen LogP contribution in [0.5, 0.6) is 0 Å². The van der Waals surface area contributed by atoms with E-state index < -0.39 is 37.0 Å². The summed E-state index contributed by atoms with van der Waals surface area (Å²) in [5.41, 5.74) is 0.275. The van der Waals surface area contributed by atoms with E-state index in [-0.39, 0.29) is 5.56 Å². The highest BCUT2D eigenvalue weighted by atomic mass is 79.9. The number of halogens is 5. The number of rotatable bonds is 1. The molecule has 1 aliphatic carbocycles. The SMILES string of the molecule is FC1CC(F)C(F)C(c2ccccc2Br)C1F. The van der Waals surface area contributed by atoms with Gasteiger partial charge in [0.15, 0.2) is 0 Å². The molecule has 0 spiro atoms. The van der Waals surface area contributed by atoms with Crippen LogP contribution in [0.4, 0.5) is 17.6 Å². The summed E-state index contributed by atoms with van der Waals surface area (Å²) in [6, 6.07) is 6.36. The molecular weight excluding hydrogens is 300 g/mol. The zero-order valence-corrected chi connectivity index (χ0v) is 10.4. The lowest BCUT2D eigenvalue weighted by atomic mass is 9.79. The molecule has 0 aromatic heterocycles. The molecule has 0 aliphatic heterocycles. The Labute approximate surface area is 105 Å². The van der Waals surface area contributed by atoms with Crippen LogP contribution in [0.1, 0.15) is 17.9 Å². The van der Waals surface area contributed by atoms with Gasteiger partial charge in [-0.05, 0) is 11.6 Å². The van der Waals surface area contributed by atoms with Gasteiger partial charge in [-0.1, -0.05) is 34.1 Å². The number of hydrogen-bond acceptors (Lipinski definition) is 0. The lowest BCUT2D eigenvalue weighted by Gasteiger charge is -2.34. The van der Waals surface area contributed by atoms with Crippen LogP contribution in [-0.4, -0.2) is 24.7 Å². The minimum atomic E-state index is -2.00. The lowest BCUT2D eigenvalue weighted by Crippen LogP contribution is -2.44. The summed E-state index contributed by atoms with van der Waals surface area (Å²) >= 11 is 3.15. The highest BCUT2D eigenvalue weighted by Gasteiger charge is 2.47. The normalized spacial score (nSPS) is 38.1. The van der Waals surface area contributed by atoms with Gasteiger partial charge < -0.3 is 0 Å². The summed E-state index contributed by atoms with van der Waals surface area (Å²) in [4.78, 5) is 0. The quantitative estimate of drug-likeness (QED) is 0.679. The first-order chi connectivity index (χ1) is 8.02. The highest BCUT2D eigenvalue weighted by Crippen LogP contribution is 2.42. The second-order valence-electron chi connectivity index (χ2n) is 4.20. The highest BCUT2D eigenvalue weighted by molar-refractivity contribution is 9.10. The Morgan fingerprint density at radius 2 is 1.47 bits per heavy atom. The van der Waals surface area contributed by atoms with Crippen molar-refractivity contribution in [3.05, 3.63) is 34.3 Å². The number of alkyl halides is 4. The van der Waals surface area contributed by atoms with Gasteiger partial charge in [-0.25, -0.2) is 17.6 Å². The van der Waals surface area contributed by atoms with Crippen LogP contribution in [-0.2, 0) is 0 Å². The van der Waals surface area contributed by atoms with Crippen molar-refractivity contribution in [2.75, 3.05) is 0 Å². The lowest BCUT2D eigenvalue weighted by molar-refractivity contribution is -0.00591. The summed E-state index contributed by atoms with van der Waals surface area (Å²) in [5.74, 6) is -1.38. The van der Waals surface area contributed by atoms with Crippen LogP contribution in [0, 0.1) is 0 Å². The van der Waals surface area contributed by atoms with Gasteiger partial charge in [0.25, 0.3) is 0 Å². The monoisotopic (exact) mass is 310 g/mol. The maximum Gasteiger partial charge on any atom is 0.141 e. The van der Waals surface area contributed by atoms with Crippen molar-refractivity contribution in [1.29, 1.82) is 0 Å². The minimum Gasteiger partial charge on any atom is -0.244 e. The third kappa shape index (κ3) is 2.34. The maximum absolute atomic E-state index is 13.7. The molecule has 1 aromatic carbocycles. The Balaban J connectivity index is 2.38. The van der Waals surface area contributed by atoms with Crippen molar-refractivity contribution < 1.29 is 17.6 Å². The van der Waals surface area contributed by atoms with Gasteiger partial charge in [-0.3, -0.25) is 0 Å². The van der Waals surface area contributed by atoms with Crippen molar-refractivity contribution in [3.8, 4) is 0 Å². The first kappa shape index (κ1) is 12.9. The first-order valence-corrected chi connectivity index (χ1v) is 6.12. The molecule has 0 saturated heterocycles. The summed E-state index contributed by atoms with van der Waals surface area (Å²) in [7, 11) is 0. The third-order valence-electron chi connectivity index (χ3n) is 3.09. The Morgan fingerprint density at radius 3 is 2.00 bits per heavy atom. The summed E-state index contributed by atoms with van der Waals surface area (Å²) in [6.07, 6.45) is -8.61. The zero-order chi connectivity index (χ0) is 12.6. The molecule has 0 amide bonds. The largest absolute Gasteiger partial charge is 0.244 e. The summed E-state index contributed by atoms with van der Waals surface area (Å²) in [6.45, 7) is 0. The fourth-order valence-electron chi connectivity index (χ4n) is 2.19. The van der Waals surface area contributed by atoms with Crippen molar-refractivity contribution in [3.63, 3.8) is 0 Å². The third-order valence-corrected chi connectivity index (χ3v) is 3.81. The molecule has 5 heteroatoms. The first-order valence-electron chi connectivity index (χ1n) is 5.33. The molecule has 0 nitrogen and oxygen atoms in total. The molecule has 4 unspecified atom stereocenters. The Kier molecular flexibility index (Phi) is 3.76. The van der Waals surface area contributed by atoms with E-state index in [2.05, 4.69) is 15.9 Å². The van der Waals surface area contributed by atoms with Crippen LogP contribution in [0.25, 0.3) is 0 Å². The molecule has 1 fully saturated rings. The van der Waals surface area contributed by atoms with Crippen molar-refractivity contribution >= 4 is 15.9 Å². The molecule has 0 bridgehead atoms. The molecule has 1 aromatic rings. The van der Waals surface area contributed by atoms with E-state index in [1.54, 1.807) is 18.2 Å². The number of benzene rings is 1. The van der Waals surface area contributed by atoms with E-state index in [9.17, 15) is 17.6 Å². The predicted molar refractivity (Wildman–Crippen MR) is 61.1 cm³/mol. The Morgan fingerprint density at radius 1 is 0.941 bits per heavy atom. The molecule has 17 heavy (non-hydrogen) atoms. The Bertz CT molecular complexity index is 384. The van der Waals surface area contributed by atoms with Crippen molar-refractivity contribution in [2.45, 2.75) is 37.0 Å². The fraction of sp³-hybridized carbons (Fsp3) is 0.500. The van der Waals surface area contributed by atoms with Gasteiger partial charge >= 0.3 is 0 Å². The van der Waals surface area contributed by atoms with Gasteiger partial charge in [0, 0.05) is 10.9 Å². The molecule has 0 radical (unpaired) electrons. The molecule has 1 aliphatic rings. The van der Waals surface area contributed by atoms with Crippen LogP contribution >= 0.6 is 15.9 Å². The van der Waals surface area contributed by atoms with E-state index >= 15 is 0 Å². The Hall–Kier alpha value is -0.580. The predicted octanol–water partition coefficient (Wildman–Crippen LogP) is 4.29. The van der Waals surface area contributed by atoms with Crippen LogP contribution in [0.2, 0.25) is 0 Å². The van der Waals surface area contributed by atoms with E-state index in [4.69, 9.17) is 0 Å². The van der Waals surface area contributed by atoms with Gasteiger partial charge in [-0.2, -0.15) is 0 Å². The second kappa shape index (κ2) is 4.96. The smallest absolute Gasteiger partial charge is 0.141 e. The van der Waals surface area contributed by atoms with E-state index in [0.717, 1.165) is 0 Å². The molecule has 94 valence electrons. The molecular formula is C12H11BrF4. The van der Waals surface area contributed by atoms with Gasteiger partial charge in [-0.15, -0.1) is 0 Å². The van der Waals surface area contributed by atoms with Crippen molar-refractivity contribution in [1.82, 2.24) is 0 Å². The molecule has 1 saturated carbocycles. The standard InChI is InChI=1S/C12H11BrF4/c13-7-4-2-1-3-6(7)10-11(16)8(14)5-9(15)12(10)17/h1-4,8-12H,5H2. The molecule has 4 atom stereocenters. The van der Waals surface area contributed by atoms with Gasteiger partial charge in [0.1, 0.15) is 24.7 Å². The van der Waals surface area contributed by atoms with Crippen LogP contribution in [0.3, 0.4) is 0 Å². The van der Waals surface area contributed by atoms with E-state index in [1.165, 1.54) is 6.07 Å². The average molecular weight is 311 g/mol. The second-order valence-corrected chi connectivity index (χ2v) is 5.06. The maximum atomic E-state index is 13.7.